The molecule has 2 unspecified atom stereocenters. The topological polar surface area (TPSA) is 75.6 Å². The van der Waals surface area contributed by atoms with Gasteiger partial charge in [-0.3, -0.25) is 4.79 Å². The van der Waals surface area contributed by atoms with E-state index in [0.717, 1.165) is 25.0 Å². The van der Waals surface area contributed by atoms with E-state index in [9.17, 15) is 14.7 Å². The molecule has 5 heteroatoms. The van der Waals surface area contributed by atoms with Gasteiger partial charge in [0.05, 0.1) is 0 Å². The van der Waals surface area contributed by atoms with Gasteiger partial charge >= 0.3 is 5.97 Å². The van der Waals surface area contributed by atoms with Gasteiger partial charge in [0.2, 0.25) is 5.91 Å². The van der Waals surface area contributed by atoms with Crippen LogP contribution in [0.4, 0.5) is 0 Å². The summed E-state index contributed by atoms with van der Waals surface area (Å²) in [6, 6.07) is 8.43. The summed E-state index contributed by atoms with van der Waals surface area (Å²) in [5, 5.41) is 11.8. The Bertz CT molecular complexity index is 468. The van der Waals surface area contributed by atoms with Crippen molar-refractivity contribution in [1.82, 2.24) is 5.32 Å². The minimum atomic E-state index is -1.00. The van der Waals surface area contributed by atoms with Crippen LogP contribution in [0.25, 0.3) is 0 Å². The van der Waals surface area contributed by atoms with Crippen molar-refractivity contribution in [3.8, 4) is 0 Å². The highest BCUT2D eigenvalue weighted by molar-refractivity contribution is 5.83. The van der Waals surface area contributed by atoms with Crippen molar-refractivity contribution in [3.05, 3.63) is 35.9 Å². The van der Waals surface area contributed by atoms with Crippen molar-refractivity contribution in [3.63, 3.8) is 0 Å². The zero-order valence-electron chi connectivity index (χ0n) is 12.0. The Balaban J connectivity index is 1.81. The van der Waals surface area contributed by atoms with E-state index in [0.29, 0.717) is 25.4 Å². The molecule has 0 spiro atoms. The molecule has 1 aromatic carbocycles. The molecule has 1 aromatic rings. The maximum absolute atomic E-state index is 11.9. The standard InChI is InChI=1S/C16H21NO4/c18-15(7-6-13-8-9-21-11-13)17-14(16(19)20)10-12-4-2-1-3-5-12/h1-5,13-14H,6-11H2,(H,17,18)(H,19,20). The number of nitrogens with one attached hydrogen (secondary N) is 1. The van der Waals surface area contributed by atoms with Crippen molar-refractivity contribution in [2.24, 2.45) is 5.92 Å². The fourth-order valence-electron chi connectivity index (χ4n) is 2.46. The van der Waals surface area contributed by atoms with Crippen molar-refractivity contribution < 1.29 is 19.4 Å². The summed E-state index contributed by atoms with van der Waals surface area (Å²) in [5.74, 6) is -0.783. The Morgan fingerprint density at radius 3 is 2.71 bits per heavy atom. The summed E-state index contributed by atoms with van der Waals surface area (Å²) in [6.45, 7) is 1.47. The third-order valence-electron chi connectivity index (χ3n) is 3.72. The summed E-state index contributed by atoms with van der Waals surface area (Å²) in [4.78, 5) is 23.2. The number of hydrogen-bond donors (Lipinski definition) is 2. The predicted molar refractivity (Wildman–Crippen MR) is 77.9 cm³/mol. The number of carbonyl (C=O) groups is 2. The van der Waals surface area contributed by atoms with Gasteiger partial charge < -0.3 is 15.2 Å². The number of ether oxygens (including phenoxy) is 1. The SMILES string of the molecule is O=C(CCC1CCOC1)NC(Cc1ccccc1)C(=O)O. The number of amides is 1. The van der Waals surface area contributed by atoms with Crippen LogP contribution in [0.5, 0.6) is 0 Å². The van der Waals surface area contributed by atoms with E-state index in [4.69, 9.17) is 4.74 Å². The lowest BCUT2D eigenvalue weighted by Crippen LogP contribution is -2.42. The number of rotatable bonds is 7. The molecular weight excluding hydrogens is 270 g/mol. The van der Waals surface area contributed by atoms with Crippen LogP contribution >= 0.6 is 0 Å². The van der Waals surface area contributed by atoms with Crippen molar-refractivity contribution in [2.45, 2.75) is 31.7 Å². The van der Waals surface area contributed by atoms with E-state index in [1.165, 1.54) is 0 Å². The molecule has 2 rings (SSSR count). The second-order valence-corrected chi connectivity index (χ2v) is 5.42. The number of aliphatic carboxylic acids is 1. The summed E-state index contributed by atoms with van der Waals surface area (Å²) < 4.78 is 5.26. The molecule has 1 aliphatic heterocycles. The Morgan fingerprint density at radius 2 is 2.10 bits per heavy atom. The molecule has 114 valence electrons. The van der Waals surface area contributed by atoms with E-state index in [-0.39, 0.29) is 5.91 Å². The number of carboxylic acid groups (broad SMARTS) is 1. The number of carbonyl (C=O) groups excluding carboxylic acids is 1. The van der Waals surface area contributed by atoms with Gasteiger partial charge in [-0.15, -0.1) is 0 Å². The summed E-state index contributed by atoms with van der Waals surface area (Å²) in [6.07, 6.45) is 2.39. The van der Waals surface area contributed by atoms with E-state index >= 15 is 0 Å². The Morgan fingerprint density at radius 1 is 1.33 bits per heavy atom. The first kappa shape index (κ1) is 15.5. The van der Waals surface area contributed by atoms with Gasteiger partial charge in [-0.2, -0.15) is 0 Å². The van der Waals surface area contributed by atoms with E-state index in [2.05, 4.69) is 5.32 Å². The smallest absolute Gasteiger partial charge is 0.326 e. The highest BCUT2D eigenvalue weighted by atomic mass is 16.5. The van der Waals surface area contributed by atoms with Gasteiger partial charge in [0.15, 0.2) is 0 Å². The maximum atomic E-state index is 11.9. The molecule has 1 amide bonds. The molecule has 5 nitrogen and oxygen atoms in total. The molecule has 1 saturated heterocycles. The van der Waals surface area contributed by atoms with Gasteiger partial charge in [-0.05, 0) is 24.3 Å². The minimum absolute atomic E-state index is 0.203. The first-order valence-electron chi connectivity index (χ1n) is 7.29. The third-order valence-corrected chi connectivity index (χ3v) is 3.72. The average Bonchev–Trinajstić information content (AvgIpc) is 2.99. The van der Waals surface area contributed by atoms with Gasteiger partial charge in [0, 0.05) is 26.1 Å². The summed E-state index contributed by atoms with van der Waals surface area (Å²) in [5.41, 5.74) is 0.898. The van der Waals surface area contributed by atoms with Crippen LogP contribution in [0.3, 0.4) is 0 Å². The fourth-order valence-corrected chi connectivity index (χ4v) is 2.46. The lowest BCUT2D eigenvalue weighted by Gasteiger charge is -2.15. The molecule has 0 radical (unpaired) electrons. The molecule has 0 bridgehead atoms. The lowest BCUT2D eigenvalue weighted by atomic mass is 10.0. The maximum Gasteiger partial charge on any atom is 0.326 e. The Labute approximate surface area is 124 Å². The molecule has 0 aromatic heterocycles. The zero-order valence-corrected chi connectivity index (χ0v) is 12.0. The van der Waals surface area contributed by atoms with Crippen molar-refractivity contribution in [2.75, 3.05) is 13.2 Å². The Kier molecular flexibility index (Phi) is 5.75. The molecule has 0 saturated carbocycles. The number of hydrogen-bond acceptors (Lipinski definition) is 3. The average molecular weight is 291 g/mol. The molecule has 2 N–H and O–H groups in total. The van der Waals surface area contributed by atoms with Gasteiger partial charge in [-0.1, -0.05) is 30.3 Å². The second kappa shape index (κ2) is 7.78. The van der Waals surface area contributed by atoms with Gasteiger partial charge in [0.1, 0.15) is 6.04 Å². The first-order valence-corrected chi connectivity index (χ1v) is 7.29. The number of benzene rings is 1. The Hall–Kier alpha value is -1.88. The normalized spacial score (nSPS) is 19.1. The van der Waals surface area contributed by atoms with Crippen LogP contribution in [0.15, 0.2) is 30.3 Å². The lowest BCUT2D eigenvalue weighted by molar-refractivity contribution is -0.141. The zero-order chi connectivity index (χ0) is 15.1. The number of carboxylic acids is 1. The van der Waals surface area contributed by atoms with Crippen molar-refractivity contribution in [1.29, 1.82) is 0 Å². The summed E-state index contributed by atoms with van der Waals surface area (Å²) >= 11 is 0. The van der Waals surface area contributed by atoms with Gasteiger partial charge in [0.25, 0.3) is 0 Å². The molecule has 2 atom stereocenters. The predicted octanol–water partition coefficient (Wildman–Crippen LogP) is 1.62. The van der Waals surface area contributed by atoms with Gasteiger partial charge in [-0.25, -0.2) is 4.79 Å². The molecule has 1 fully saturated rings. The van der Waals surface area contributed by atoms with Crippen LogP contribution in [-0.4, -0.2) is 36.2 Å². The second-order valence-electron chi connectivity index (χ2n) is 5.42. The van der Waals surface area contributed by atoms with E-state index < -0.39 is 12.0 Å². The first-order chi connectivity index (χ1) is 10.1. The van der Waals surface area contributed by atoms with Crippen LogP contribution in [0, 0.1) is 5.92 Å². The monoisotopic (exact) mass is 291 g/mol. The fraction of sp³-hybridized carbons (Fsp3) is 0.500. The summed E-state index contributed by atoms with van der Waals surface area (Å²) in [7, 11) is 0. The highest BCUT2D eigenvalue weighted by Crippen LogP contribution is 2.17. The van der Waals surface area contributed by atoms with E-state index in [1.807, 2.05) is 30.3 Å². The minimum Gasteiger partial charge on any atom is -0.480 e. The van der Waals surface area contributed by atoms with Crippen LogP contribution in [0.1, 0.15) is 24.8 Å². The molecule has 21 heavy (non-hydrogen) atoms. The molecule has 0 aliphatic carbocycles. The van der Waals surface area contributed by atoms with Crippen LogP contribution in [-0.2, 0) is 20.7 Å². The van der Waals surface area contributed by atoms with Crippen LogP contribution in [0.2, 0.25) is 0 Å². The quantitative estimate of drug-likeness (QED) is 0.800. The molecule has 1 heterocycles. The third kappa shape index (κ3) is 5.19. The van der Waals surface area contributed by atoms with Crippen LogP contribution < -0.4 is 5.32 Å². The highest BCUT2D eigenvalue weighted by Gasteiger charge is 2.22. The largest absolute Gasteiger partial charge is 0.480 e. The molecular formula is C16H21NO4. The molecule has 1 aliphatic rings. The van der Waals surface area contributed by atoms with Crippen molar-refractivity contribution >= 4 is 11.9 Å². The van der Waals surface area contributed by atoms with E-state index in [1.54, 1.807) is 0 Å².